The molecule has 0 fully saturated rings. The Labute approximate surface area is 128 Å². The summed E-state index contributed by atoms with van der Waals surface area (Å²) < 4.78 is 15.8. The minimum Gasteiger partial charge on any atom is -0.497 e. The van der Waals surface area contributed by atoms with Crippen LogP contribution in [0.2, 0.25) is 0 Å². The first kappa shape index (κ1) is 15.6. The number of furan rings is 1. The minimum atomic E-state index is -0.349. The normalized spacial score (nSPS) is 11.1. The Kier molecular flexibility index (Phi) is 5.19. The van der Waals surface area contributed by atoms with Gasteiger partial charge in [-0.1, -0.05) is 0 Å². The Morgan fingerprint density at radius 1 is 1.18 bits per heavy atom. The van der Waals surface area contributed by atoms with Crippen molar-refractivity contribution in [2.24, 2.45) is 5.10 Å². The molecule has 2 aromatic rings. The van der Waals surface area contributed by atoms with Crippen LogP contribution in [0.1, 0.15) is 18.4 Å². The quantitative estimate of drug-likeness (QED) is 0.657. The lowest BCUT2D eigenvalue weighted by molar-refractivity contribution is -0.123. The molecule has 1 heterocycles. The smallest absolute Gasteiger partial charge is 0.277 e. The Hall–Kier alpha value is -2.76. The lowest BCUT2D eigenvalue weighted by Crippen LogP contribution is -2.25. The molecule has 116 valence electrons. The van der Waals surface area contributed by atoms with Gasteiger partial charge in [0.2, 0.25) is 0 Å². The van der Waals surface area contributed by atoms with E-state index >= 15 is 0 Å². The van der Waals surface area contributed by atoms with Gasteiger partial charge < -0.3 is 13.9 Å². The second kappa shape index (κ2) is 7.31. The molecule has 0 aliphatic carbocycles. The average Bonchev–Trinajstić information content (AvgIpc) is 2.97. The zero-order chi connectivity index (χ0) is 15.9. The third-order valence-corrected chi connectivity index (χ3v) is 2.87. The van der Waals surface area contributed by atoms with Crippen molar-refractivity contribution in [3.63, 3.8) is 0 Å². The fourth-order valence-corrected chi connectivity index (χ4v) is 1.68. The fourth-order valence-electron chi connectivity index (χ4n) is 1.68. The summed E-state index contributed by atoms with van der Waals surface area (Å²) in [7, 11) is 1.59. The van der Waals surface area contributed by atoms with Gasteiger partial charge in [-0.15, -0.1) is 0 Å². The van der Waals surface area contributed by atoms with Crippen LogP contribution >= 0.6 is 0 Å². The predicted molar refractivity (Wildman–Crippen MR) is 82.3 cm³/mol. The molecular formula is C16H18N2O4. The van der Waals surface area contributed by atoms with Crippen molar-refractivity contribution in [3.05, 3.63) is 47.9 Å². The highest BCUT2D eigenvalue weighted by Gasteiger charge is 2.05. The van der Waals surface area contributed by atoms with E-state index in [4.69, 9.17) is 13.9 Å². The van der Waals surface area contributed by atoms with Gasteiger partial charge >= 0.3 is 0 Å². The van der Waals surface area contributed by atoms with Crippen molar-refractivity contribution < 1.29 is 18.7 Å². The van der Waals surface area contributed by atoms with Crippen LogP contribution in [0.4, 0.5) is 0 Å². The van der Waals surface area contributed by atoms with Gasteiger partial charge in [0.15, 0.2) is 6.61 Å². The highest BCUT2D eigenvalue weighted by atomic mass is 16.5. The van der Waals surface area contributed by atoms with Crippen LogP contribution in [0.3, 0.4) is 0 Å². The molecule has 2 rings (SSSR count). The van der Waals surface area contributed by atoms with Crippen LogP contribution in [0.25, 0.3) is 0 Å². The van der Waals surface area contributed by atoms with Gasteiger partial charge in [-0.3, -0.25) is 4.79 Å². The molecule has 0 unspecified atom stereocenters. The molecule has 1 N–H and O–H groups in total. The van der Waals surface area contributed by atoms with Crippen molar-refractivity contribution in [1.29, 1.82) is 0 Å². The summed E-state index contributed by atoms with van der Waals surface area (Å²) in [6.45, 7) is 3.47. The van der Waals surface area contributed by atoms with E-state index in [1.54, 1.807) is 44.4 Å². The molecule has 22 heavy (non-hydrogen) atoms. The van der Waals surface area contributed by atoms with Crippen molar-refractivity contribution in [1.82, 2.24) is 5.43 Å². The molecular weight excluding hydrogens is 284 g/mol. The average molecular weight is 302 g/mol. The van der Waals surface area contributed by atoms with Gasteiger partial charge in [0.25, 0.3) is 5.91 Å². The van der Waals surface area contributed by atoms with Crippen LogP contribution < -0.4 is 14.9 Å². The Morgan fingerprint density at radius 3 is 2.45 bits per heavy atom. The third kappa shape index (κ3) is 4.37. The molecule has 0 bridgehead atoms. The molecule has 0 saturated carbocycles. The third-order valence-electron chi connectivity index (χ3n) is 2.87. The van der Waals surface area contributed by atoms with E-state index in [1.165, 1.54) is 0 Å². The predicted octanol–water partition coefficient (Wildman–Crippen LogP) is 2.52. The largest absolute Gasteiger partial charge is 0.497 e. The van der Waals surface area contributed by atoms with Crippen LogP contribution in [0.5, 0.6) is 11.5 Å². The SMILES string of the molecule is COc1ccc(OCC(=O)NN=C(C)c2ccc(C)o2)cc1. The summed E-state index contributed by atoms with van der Waals surface area (Å²) >= 11 is 0. The van der Waals surface area contributed by atoms with Crippen molar-refractivity contribution in [3.8, 4) is 11.5 Å². The van der Waals surface area contributed by atoms with Gasteiger partial charge in [-0.25, -0.2) is 5.43 Å². The number of nitrogens with zero attached hydrogens (tertiary/aromatic N) is 1. The lowest BCUT2D eigenvalue weighted by Gasteiger charge is -2.06. The van der Waals surface area contributed by atoms with E-state index in [0.29, 0.717) is 17.2 Å². The van der Waals surface area contributed by atoms with E-state index in [9.17, 15) is 4.79 Å². The molecule has 0 atom stereocenters. The zero-order valence-corrected chi connectivity index (χ0v) is 12.8. The number of carbonyl (C=O) groups excluding carboxylic acids is 1. The number of rotatable bonds is 6. The Morgan fingerprint density at radius 2 is 1.86 bits per heavy atom. The summed E-state index contributed by atoms with van der Waals surface area (Å²) in [5, 5.41) is 3.97. The molecule has 0 saturated heterocycles. The van der Waals surface area contributed by atoms with Gasteiger partial charge in [0.1, 0.15) is 28.7 Å². The van der Waals surface area contributed by atoms with E-state index < -0.39 is 0 Å². The first-order chi connectivity index (χ1) is 10.6. The van der Waals surface area contributed by atoms with E-state index in [1.807, 2.05) is 13.0 Å². The number of aryl methyl sites for hydroxylation is 1. The Balaban J connectivity index is 1.82. The van der Waals surface area contributed by atoms with Gasteiger partial charge in [-0.2, -0.15) is 5.10 Å². The van der Waals surface area contributed by atoms with Crippen LogP contribution in [-0.4, -0.2) is 25.3 Å². The number of benzene rings is 1. The van der Waals surface area contributed by atoms with E-state index in [2.05, 4.69) is 10.5 Å². The summed E-state index contributed by atoms with van der Waals surface area (Å²) in [6.07, 6.45) is 0. The van der Waals surface area contributed by atoms with Crippen LogP contribution in [-0.2, 0) is 4.79 Å². The maximum absolute atomic E-state index is 11.7. The maximum atomic E-state index is 11.7. The second-order valence-corrected chi connectivity index (χ2v) is 4.61. The molecule has 0 aliphatic rings. The van der Waals surface area contributed by atoms with E-state index in [-0.39, 0.29) is 12.5 Å². The van der Waals surface area contributed by atoms with Crippen molar-refractivity contribution in [2.45, 2.75) is 13.8 Å². The van der Waals surface area contributed by atoms with Gasteiger partial charge in [-0.05, 0) is 50.2 Å². The topological polar surface area (TPSA) is 73.1 Å². The molecule has 1 aromatic heterocycles. The summed E-state index contributed by atoms with van der Waals surface area (Å²) in [5.41, 5.74) is 3.01. The molecule has 0 aliphatic heterocycles. The van der Waals surface area contributed by atoms with Gasteiger partial charge in [0.05, 0.1) is 7.11 Å². The van der Waals surface area contributed by atoms with Crippen molar-refractivity contribution >= 4 is 11.6 Å². The zero-order valence-electron chi connectivity index (χ0n) is 12.8. The lowest BCUT2D eigenvalue weighted by atomic mass is 10.3. The first-order valence-electron chi connectivity index (χ1n) is 6.75. The fraction of sp³-hybridized carbons (Fsp3) is 0.250. The molecule has 0 spiro atoms. The molecule has 1 aromatic carbocycles. The monoisotopic (exact) mass is 302 g/mol. The standard InChI is InChI=1S/C16H18N2O4/c1-11-4-9-15(22-11)12(2)17-18-16(19)10-21-14-7-5-13(20-3)6-8-14/h4-9H,10H2,1-3H3,(H,18,19). The molecule has 6 nitrogen and oxygen atoms in total. The number of amides is 1. The number of hydrazone groups is 1. The molecule has 1 amide bonds. The maximum Gasteiger partial charge on any atom is 0.277 e. The van der Waals surface area contributed by atoms with Gasteiger partial charge in [0, 0.05) is 0 Å². The number of hydrogen-bond acceptors (Lipinski definition) is 5. The number of nitrogens with one attached hydrogen (secondary N) is 1. The van der Waals surface area contributed by atoms with E-state index in [0.717, 1.165) is 11.5 Å². The number of carbonyl (C=O) groups is 1. The summed E-state index contributed by atoms with van der Waals surface area (Å²) in [4.78, 5) is 11.7. The second-order valence-electron chi connectivity index (χ2n) is 4.61. The highest BCUT2D eigenvalue weighted by molar-refractivity contribution is 5.96. The summed E-state index contributed by atoms with van der Waals surface area (Å²) in [5.74, 6) is 2.37. The summed E-state index contributed by atoms with van der Waals surface area (Å²) in [6, 6.07) is 10.6. The number of hydrogen-bond donors (Lipinski definition) is 1. The molecule has 6 heteroatoms. The van der Waals surface area contributed by atoms with Crippen LogP contribution in [0.15, 0.2) is 45.9 Å². The Bertz CT molecular complexity index is 659. The number of ether oxygens (including phenoxy) is 2. The van der Waals surface area contributed by atoms with Crippen molar-refractivity contribution in [2.75, 3.05) is 13.7 Å². The molecule has 0 radical (unpaired) electrons. The minimum absolute atomic E-state index is 0.125. The van der Waals surface area contributed by atoms with Crippen LogP contribution in [0, 0.1) is 6.92 Å². The first-order valence-corrected chi connectivity index (χ1v) is 6.75. The highest BCUT2D eigenvalue weighted by Crippen LogP contribution is 2.16. The number of methoxy groups -OCH3 is 1.